The number of aromatic amines is 2. The van der Waals surface area contributed by atoms with Gasteiger partial charge in [-0.05, 0) is 42.1 Å². The lowest BCUT2D eigenvalue weighted by molar-refractivity contribution is -0.135. The first-order valence-corrected chi connectivity index (χ1v) is 10.8. The number of rotatable bonds is 6. The molecular weight excluding hydrogens is 424 g/mol. The zero-order valence-corrected chi connectivity index (χ0v) is 17.8. The first kappa shape index (κ1) is 20.0. The summed E-state index contributed by atoms with van der Waals surface area (Å²) in [4.78, 5) is 49.4. The lowest BCUT2D eigenvalue weighted by atomic mass is 10.0. The Labute approximate surface area is 178 Å². The quantitative estimate of drug-likeness (QED) is 0.422. The van der Waals surface area contributed by atoms with Gasteiger partial charge in [-0.25, -0.2) is 4.98 Å². The average molecular weight is 443 g/mol. The lowest BCUT2D eigenvalue weighted by Gasteiger charge is -2.17. The third-order valence-corrected chi connectivity index (χ3v) is 6.88. The highest BCUT2D eigenvalue weighted by atomic mass is 32.1. The van der Waals surface area contributed by atoms with Crippen LogP contribution in [0.15, 0.2) is 40.6 Å². The van der Waals surface area contributed by atoms with Crippen molar-refractivity contribution in [2.45, 2.75) is 19.8 Å². The highest BCUT2D eigenvalue weighted by molar-refractivity contribution is 7.15. The molecule has 0 aliphatic heterocycles. The van der Waals surface area contributed by atoms with Crippen LogP contribution in [0.4, 0.5) is 5.00 Å². The fraction of sp³-hybridized carbons (Fsp3) is 0.200. The molecule has 1 amide bonds. The summed E-state index contributed by atoms with van der Waals surface area (Å²) in [5.41, 5.74) is 1.11. The van der Waals surface area contributed by atoms with Gasteiger partial charge in [0.25, 0.3) is 11.5 Å². The van der Waals surface area contributed by atoms with Crippen LogP contribution in [0, 0.1) is 6.92 Å². The Morgan fingerprint density at radius 2 is 2.10 bits per heavy atom. The zero-order valence-electron chi connectivity index (χ0n) is 16.1. The number of nitrogens with one attached hydrogen (secondary N) is 2. The number of fused-ring (bicyclic) bond motifs is 1. The summed E-state index contributed by atoms with van der Waals surface area (Å²) in [7, 11) is 0. The van der Waals surface area contributed by atoms with Crippen molar-refractivity contribution in [2.75, 3.05) is 11.4 Å². The fourth-order valence-electron chi connectivity index (χ4n) is 3.31. The molecule has 8 nitrogen and oxygen atoms in total. The normalized spacial score (nSPS) is 12.2. The summed E-state index contributed by atoms with van der Waals surface area (Å²) in [6, 6.07) is 7.03. The molecule has 0 fully saturated rings. The van der Waals surface area contributed by atoms with Crippen molar-refractivity contribution < 1.29 is 14.7 Å². The standard InChI is InChI=1S/C20H18N4O4S2/c1-10(12-8-21-18-17(12)19(27)23-11(2)22-18)13-5-6-14(30-13)20(28)24(9-16(25)26)15-4-3-7-29-15/h3-8,10H,9H2,1-2H3,(H,25,26)(H2,21,22,23,27). The monoisotopic (exact) mass is 442 g/mol. The molecule has 4 aromatic heterocycles. The number of nitrogens with zero attached hydrogens (tertiary/aromatic N) is 2. The van der Waals surface area contributed by atoms with Gasteiger partial charge >= 0.3 is 5.97 Å². The van der Waals surface area contributed by atoms with Crippen molar-refractivity contribution in [3.63, 3.8) is 0 Å². The third-order valence-electron chi connectivity index (χ3n) is 4.73. The van der Waals surface area contributed by atoms with Crippen molar-refractivity contribution in [3.05, 3.63) is 67.3 Å². The second-order valence-electron chi connectivity index (χ2n) is 6.78. The van der Waals surface area contributed by atoms with Crippen LogP contribution in [0.1, 0.15) is 38.8 Å². The number of hydrogen-bond donors (Lipinski definition) is 3. The van der Waals surface area contributed by atoms with E-state index in [1.807, 2.05) is 13.0 Å². The summed E-state index contributed by atoms with van der Waals surface area (Å²) >= 11 is 2.60. The third kappa shape index (κ3) is 3.66. The van der Waals surface area contributed by atoms with Crippen molar-refractivity contribution in [2.24, 2.45) is 0 Å². The molecule has 4 heterocycles. The van der Waals surface area contributed by atoms with Gasteiger partial charge in [0.1, 0.15) is 18.0 Å². The molecule has 0 radical (unpaired) electrons. The van der Waals surface area contributed by atoms with Gasteiger partial charge in [-0.15, -0.1) is 22.7 Å². The van der Waals surface area contributed by atoms with Crippen molar-refractivity contribution in [1.29, 1.82) is 0 Å². The molecule has 10 heteroatoms. The van der Waals surface area contributed by atoms with E-state index in [-0.39, 0.29) is 17.4 Å². The number of thiophene rings is 2. The minimum Gasteiger partial charge on any atom is -0.480 e. The van der Waals surface area contributed by atoms with Crippen LogP contribution in [0.5, 0.6) is 0 Å². The molecule has 3 N–H and O–H groups in total. The average Bonchev–Trinajstić information content (AvgIpc) is 3.44. The number of carboxylic acids is 1. The predicted octanol–water partition coefficient (Wildman–Crippen LogP) is 3.57. The number of carbonyl (C=O) groups excluding carboxylic acids is 1. The van der Waals surface area contributed by atoms with Gasteiger partial charge in [0, 0.05) is 17.0 Å². The molecule has 1 unspecified atom stereocenters. The lowest BCUT2D eigenvalue weighted by Crippen LogP contribution is -2.34. The van der Waals surface area contributed by atoms with Crippen LogP contribution in [0.25, 0.3) is 11.0 Å². The van der Waals surface area contributed by atoms with E-state index in [9.17, 15) is 19.5 Å². The maximum Gasteiger partial charge on any atom is 0.323 e. The maximum absolute atomic E-state index is 13.0. The van der Waals surface area contributed by atoms with Crippen LogP contribution in [0.2, 0.25) is 0 Å². The zero-order chi connectivity index (χ0) is 21.4. The van der Waals surface area contributed by atoms with Gasteiger partial charge in [-0.1, -0.05) is 6.92 Å². The second kappa shape index (κ2) is 7.88. The predicted molar refractivity (Wildman–Crippen MR) is 117 cm³/mol. The van der Waals surface area contributed by atoms with Crippen LogP contribution in [-0.4, -0.2) is 38.5 Å². The molecule has 0 aliphatic carbocycles. The summed E-state index contributed by atoms with van der Waals surface area (Å²) in [6.45, 7) is 3.26. The van der Waals surface area contributed by atoms with Crippen molar-refractivity contribution in [1.82, 2.24) is 15.0 Å². The number of amides is 1. The van der Waals surface area contributed by atoms with Gasteiger partial charge in [-0.3, -0.25) is 19.3 Å². The summed E-state index contributed by atoms with van der Waals surface area (Å²) in [5.74, 6) is -1.06. The molecule has 0 aromatic carbocycles. The first-order valence-electron chi connectivity index (χ1n) is 9.10. The molecule has 30 heavy (non-hydrogen) atoms. The van der Waals surface area contributed by atoms with E-state index in [0.717, 1.165) is 10.4 Å². The number of carbonyl (C=O) groups is 2. The first-order chi connectivity index (χ1) is 14.3. The van der Waals surface area contributed by atoms with Gasteiger partial charge in [-0.2, -0.15) is 0 Å². The van der Waals surface area contributed by atoms with E-state index in [1.165, 1.54) is 27.6 Å². The Balaban J connectivity index is 1.66. The van der Waals surface area contributed by atoms with Gasteiger partial charge < -0.3 is 15.1 Å². The van der Waals surface area contributed by atoms with Crippen LogP contribution in [0.3, 0.4) is 0 Å². The number of anilines is 1. The topological polar surface area (TPSA) is 119 Å². The molecule has 0 saturated heterocycles. The van der Waals surface area contributed by atoms with Crippen molar-refractivity contribution >= 4 is 50.6 Å². The van der Waals surface area contributed by atoms with E-state index in [2.05, 4.69) is 15.0 Å². The van der Waals surface area contributed by atoms with E-state index < -0.39 is 12.5 Å². The summed E-state index contributed by atoms with van der Waals surface area (Å²) < 4.78 is 0. The minimum atomic E-state index is -1.08. The van der Waals surface area contributed by atoms with Crippen LogP contribution < -0.4 is 10.5 Å². The van der Waals surface area contributed by atoms with Crippen LogP contribution in [-0.2, 0) is 4.79 Å². The highest BCUT2D eigenvalue weighted by Gasteiger charge is 2.25. The van der Waals surface area contributed by atoms with E-state index >= 15 is 0 Å². The Bertz CT molecular complexity index is 1290. The molecule has 154 valence electrons. The number of hydrogen-bond acceptors (Lipinski definition) is 6. The van der Waals surface area contributed by atoms with E-state index in [1.54, 1.807) is 36.7 Å². The largest absolute Gasteiger partial charge is 0.480 e. The van der Waals surface area contributed by atoms with Crippen molar-refractivity contribution in [3.8, 4) is 0 Å². The fourth-order valence-corrected chi connectivity index (χ4v) is 5.07. The molecular formula is C20H18N4O4S2. The Morgan fingerprint density at radius 3 is 2.80 bits per heavy atom. The Kier molecular flexibility index (Phi) is 5.27. The number of aromatic nitrogens is 3. The highest BCUT2D eigenvalue weighted by Crippen LogP contribution is 2.34. The number of aryl methyl sites for hydroxylation is 1. The summed E-state index contributed by atoms with van der Waals surface area (Å²) in [6.07, 6.45) is 1.76. The molecule has 4 aromatic rings. The molecule has 0 bridgehead atoms. The molecule has 0 saturated carbocycles. The Morgan fingerprint density at radius 1 is 1.30 bits per heavy atom. The summed E-state index contributed by atoms with van der Waals surface area (Å²) in [5, 5.41) is 12.1. The van der Waals surface area contributed by atoms with Gasteiger partial charge in [0.2, 0.25) is 0 Å². The maximum atomic E-state index is 13.0. The number of H-pyrrole nitrogens is 2. The second-order valence-corrected chi connectivity index (χ2v) is 8.82. The molecule has 0 spiro atoms. The molecule has 4 rings (SSSR count). The Hall–Kier alpha value is -3.24. The smallest absolute Gasteiger partial charge is 0.323 e. The SMILES string of the molecule is Cc1nc2[nH]cc(C(C)c3ccc(C(=O)N(CC(=O)O)c4cccs4)s3)c2c(=O)[nH]1. The molecule has 0 aliphatic rings. The minimum absolute atomic E-state index is 0.148. The number of carboxylic acid groups (broad SMARTS) is 1. The van der Waals surface area contributed by atoms with E-state index in [0.29, 0.717) is 26.7 Å². The van der Waals surface area contributed by atoms with Crippen LogP contribution >= 0.6 is 22.7 Å². The van der Waals surface area contributed by atoms with Gasteiger partial charge in [0.15, 0.2) is 0 Å². The van der Waals surface area contributed by atoms with Gasteiger partial charge in [0.05, 0.1) is 15.3 Å². The number of aliphatic carboxylic acids is 1. The molecule has 1 atom stereocenters. The van der Waals surface area contributed by atoms with E-state index in [4.69, 9.17) is 0 Å².